The maximum atomic E-state index is 13.6. The van der Waals surface area contributed by atoms with E-state index in [0.717, 1.165) is 16.8 Å². The summed E-state index contributed by atoms with van der Waals surface area (Å²) in [5.74, 6) is 0.897. The van der Waals surface area contributed by atoms with Crippen LogP contribution < -0.4 is 4.74 Å². The van der Waals surface area contributed by atoms with Gasteiger partial charge in [-0.1, -0.05) is 5.21 Å². The van der Waals surface area contributed by atoms with E-state index >= 15 is 0 Å². The van der Waals surface area contributed by atoms with E-state index < -0.39 is 0 Å². The molecule has 0 aliphatic heterocycles. The average molecular weight is 324 g/mol. The predicted octanol–water partition coefficient (Wildman–Crippen LogP) is 3.41. The minimum atomic E-state index is -0.304. The first-order valence-electron chi connectivity index (χ1n) is 7.91. The fourth-order valence-corrected chi connectivity index (χ4v) is 2.77. The van der Waals surface area contributed by atoms with Crippen LogP contribution in [0.3, 0.4) is 0 Å². The van der Waals surface area contributed by atoms with E-state index in [1.807, 2.05) is 16.9 Å². The minimum absolute atomic E-state index is 0.304. The highest BCUT2D eigenvalue weighted by Gasteiger charge is 2.26. The lowest BCUT2D eigenvalue weighted by Gasteiger charge is -2.10. The third-order valence-corrected chi connectivity index (χ3v) is 4.16. The Morgan fingerprint density at radius 3 is 2.92 bits per heavy atom. The minimum Gasteiger partial charge on any atom is -0.496 e. The van der Waals surface area contributed by atoms with Crippen LogP contribution in [-0.4, -0.2) is 27.1 Å². The highest BCUT2D eigenvalue weighted by atomic mass is 19.1. The molecule has 0 spiro atoms. The number of rotatable bonds is 5. The Bertz CT molecular complexity index is 873. The molecule has 0 unspecified atom stereocenters. The predicted molar refractivity (Wildman–Crippen MR) is 87.3 cm³/mol. The first-order chi connectivity index (χ1) is 11.7. The highest BCUT2D eigenvalue weighted by molar-refractivity contribution is 5.70. The molecule has 4 rings (SSSR count). The lowest BCUT2D eigenvalue weighted by Crippen LogP contribution is -2.01. The molecular weight excluding hydrogens is 307 g/mol. The quantitative estimate of drug-likeness (QED) is 0.722. The summed E-state index contributed by atoms with van der Waals surface area (Å²) in [4.78, 5) is 4.28. The van der Waals surface area contributed by atoms with Crippen LogP contribution >= 0.6 is 0 Å². The third-order valence-electron chi connectivity index (χ3n) is 4.16. The lowest BCUT2D eigenvalue weighted by atomic mass is 10.0. The molecule has 0 atom stereocenters. The Balaban J connectivity index is 1.62. The largest absolute Gasteiger partial charge is 0.496 e. The Labute approximate surface area is 139 Å². The van der Waals surface area contributed by atoms with Crippen LogP contribution in [0.15, 0.2) is 42.9 Å². The van der Waals surface area contributed by atoms with Crippen LogP contribution in [0.4, 0.5) is 4.39 Å². The number of halogens is 1. The Hall–Kier alpha value is -2.76. The number of hydrogen-bond donors (Lipinski definition) is 0. The first kappa shape index (κ1) is 14.8. The van der Waals surface area contributed by atoms with Gasteiger partial charge < -0.3 is 4.74 Å². The number of ether oxygens (including phenoxy) is 1. The van der Waals surface area contributed by atoms with Gasteiger partial charge in [0.1, 0.15) is 11.6 Å². The normalized spacial score (nSPS) is 13.9. The van der Waals surface area contributed by atoms with Crippen molar-refractivity contribution in [1.29, 1.82) is 0 Å². The molecule has 0 amide bonds. The summed E-state index contributed by atoms with van der Waals surface area (Å²) >= 11 is 0. The molecule has 6 heteroatoms. The number of methoxy groups -OCH3 is 1. The highest BCUT2D eigenvalue weighted by Crippen LogP contribution is 2.38. The molecule has 122 valence electrons. The summed E-state index contributed by atoms with van der Waals surface area (Å²) in [5.41, 5.74) is 3.53. The second kappa shape index (κ2) is 6.03. The van der Waals surface area contributed by atoms with E-state index in [9.17, 15) is 4.39 Å². The molecule has 3 aromatic rings. The van der Waals surface area contributed by atoms with Crippen LogP contribution in [0, 0.1) is 5.82 Å². The lowest BCUT2D eigenvalue weighted by molar-refractivity contribution is 0.415. The zero-order chi connectivity index (χ0) is 16.5. The topological polar surface area (TPSA) is 52.8 Å². The Morgan fingerprint density at radius 2 is 2.12 bits per heavy atom. The van der Waals surface area contributed by atoms with Gasteiger partial charge in [-0.2, -0.15) is 0 Å². The smallest absolute Gasteiger partial charge is 0.126 e. The van der Waals surface area contributed by atoms with Gasteiger partial charge in [0.2, 0.25) is 0 Å². The van der Waals surface area contributed by atoms with Crippen molar-refractivity contribution in [3.63, 3.8) is 0 Å². The number of hydrogen-bond acceptors (Lipinski definition) is 4. The van der Waals surface area contributed by atoms with Gasteiger partial charge in [0.05, 0.1) is 19.3 Å². The van der Waals surface area contributed by atoms with Crippen molar-refractivity contribution >= 4 is 0 Å². The molecule has 2 heterocycles. The van der Waals surface area contributed by atoms with E-state index in [1.165, 1.54) is 25.0 Å². The van der Waals surface area contributed by atoms with Crippen LogP contribution in [-0.2, 0) is 6.54 Å². The van der Waals surface area contributed by atoms with E-state index in [4.69, 9.17) is 4.74 Å². The van der Waals surface area contributed by atoms with E-state index in [1.54, 1.807) is 25.6 Å². The van der Waals surface area contributed by atoms with Crippen molar-refractivity contribution in [3.8, 4) is 16.9 Å². The molecule has 2 aromatic heterocycles. The molecule has 1 saturated carbocycles. The average Bonchev–Trinajstić information content (AvgIpc) is 3.35. The molecule has 0 N–H and O–H groups in total. The van der Waals surface area contributed by atoms with E-state index in [-0.39, 0.29) is 5.82 Å². The number of nitrogens with zero attached hydrogens (tertiary/aromatic N) is 4. The summed E-state index contributed by atoms with van der Waals surface area (Å²) in [5, 5.41) is 8.39. The zero-order valence-corrected chi connectivity index (χ0v) is 13.3. The molecular formula is C18H17FN4O. The molecule has 0 saturated heterocycles. The van der Waals surface area contributed by atoms with Gasteiger partial charge in [0.25, 0.3) is 0 Å². The van der Waals surface area contributed by atoms with Gasteiger partial charge in [0.15, 0.2) is 0 Å². The van der Waals surface area contributed by atoms with E-state index in [0.29, 0.717) is 23.8 Å². The van der Waals surface area contributed by atoms with Gasteiger partial charge in [-0.25, -0.2) is 9.07 Å². The third kappa shape index (κ3) is 2.99. The zero-order valence-electron chi connectivity index (χ0n) is 13.3. The van der Waals surface area contributed by atoms with Crippen LogP contribution in [0.2, 0.25) is 0 Å². The maximum absolute atomic E-state index is 13.6. The Morgan fingerprint density at radius 1 is 1.25 bits per heavy atom. The summed E-state index contributed by atoms with van der Waals surface area (Å²) < 4.78 is 20.7. The van der Waals surface area contributed by atoms with Crippen molar-refractivity contribution in [2.24, 2.45) is 0 Å². The van der Waals surface area contributed by atoms with E-state index in [2.05, 4.69) is 15.3 Å². The number of benzene rings is 1. The van der Waals surface area contributed by atoms with Gasteiger partial charge in [-0.15, -0.1) is 5.10 Å². The molecule has 1 aliphatic rings. The van der Waals surface area contributed by atoms with Gasteiger partial charge in [-0.3, -0.25) is 4.98 Å². The molecule has 1 fully saturated rings. The molecule has 0 bridgehead atoms. The first-order valence-corrected chi connectivity index (χ1v) is 7.91. The van der Waals surface area contributed by atoms with Crippen molar-refractivity contribution in [3.05, 3.63) is 59.9 Å². The van der Waals surface area contributed by atoms with Crippen molar-refractivity contribution < 1.29 is 9.13 Å². The SMILES string of the molecule is COc1ccc(F)cc1-c1cncc(Cn2cc(C3CC3)nn2)c1. The number of aromatic nitrogens is 4. The van der Waals surface area contributed by atoms with Crippen molar-refractivity contribution in [1.82, 2.24) is 20.0 Å². The van der Waals surface area contributed by atoms with Crippen LogP contribution in [0.25, 0.3) is 11.1 Å². The molecule has 1 aliphatic carbocycles. The van der Waals surface area contributed by atoms with Crippen LogP contribution in [0.5, 0.6) is 5.75 Å². The molecule has 1 aromatic carbocycles. The molecule has 24 heavy (non-hydrogen) atoms. The fourth-order valence-electron chi connectivity index (χ4n) is 2.77. The standard InChI is InChI=1S/C18H17FN4O/c1-24-18-5-4-15(19)7-16(18)14-6-12(8-20-9-14)10-23-11-17(21-22-23)13-2-3-13/h4-9,11,13H,2-3,10H2,1H3. The second-order valence-electron chi connectivity index (χ2n) is 6.04. The second-order valence-corrected chi connectivity index (χ2v) is 6.04. The molecule has 5 nitrogen and oxygen atoms in total. The summed E-state index contributed by atoms with van der Waals surface area (Å²) in [6, 6.07) is 6.44. The van der Waals surface area contributed by atoms with Crippen molar-refractivity contribution in [2.75, 3.05) is 7.11 Å². The van der Waals surface area contributed by atoms with Crippen LogP contribution in [0.1, 0.15) is 30.0 Å². The Kier molecular flexibility index (Phi) is 3.72. The fraction of sp³-hybridized carbons (Fsp3) is 0.278. The number of pyridine rings is 1. The summed E-state index contributed by atoms with van der Waals surface area (Å²) in [6.45, 7) is 0.582. The van der Waals surface area contributed by atoms with Gasteiger partial charge >= 0.3 is 0 Å². The van der Waals surface area contributed by atoms with Gasteiger partial charge in [-0.05, 0) is 42.7 Å². The monoisotopic (exact) mass is 324 g/mol. The van der Waals surface area contributed by atoms with Crippen molar-refractivity contribution in [2.45, 2.75) is 25.3 Å². The summed E-state index contributed by atoms with van der Waals surface area (Å²) in [6.07, 6.45) is 7.89. The maximum Gasteiger partial charge on any atom is 0.126 e. The summed E-state index contributed by atoms with van der Waals surface area (Å²) in [7, 11) is 1.57. The van der Waals surface area contributed by atoms with Gasteiger partial charge in [0, 0.05) is 35.6 Å². The molecule has 0 radical (unpaired) electrons.